The summed E-state index contributed by atoms with van der Waals surface area (Å²) in [6.45, 7) is 10.00. The molecule has 2 aromatic carbocycles. The zero-order chi connectivity index (χ0) is 35.0. The SMILES string of the molecule is C[C@H](c1cc(F)c(F)c(F)c1)n1cccc(C(=O)NCC#Cc2ccc3nccc(OC[C@H]4CCCN(CCN5CCOCC5)C4)c3c2)c1=O. The summed E-state index contributed by atoms with van der Waals surface area (Å²) in [7, 11) is 0. The Morgan fingerprint density at radius 3 is 2.64 bits per heavy atom. The highest BCUT2D eigenvalue weighted by molar-refractivity contribution is 5.94. The van der Waals surface area contributed by atoms with Gasteiger partial charge in [-0.2, -0.15) is 0 Å². The summed E-state index contributed by atoms with van der Waals surface area (Å²) >= 11 is 0. The van der Waals surface area contributed by atoms with Crippen molar-refractivity contribution >= 4 is 16.8 Å². The van der Waals surface area contributed by atoms with Gasteiger partial charge < -0.3 is 24.3 Å². The summed E-state index contributed by atoms with van der Waals surface area (Å²) in [6.07, 6.45) is 5.42. The number of benzene rings is 2. The van der Waals surface area contributed by atoms with Gasteiger partial charge in [0.1, 0.15) is 11.3 Å². The Labute approximate surface area is 289 Å². The number of nitrogens with zero attached hydrogens (tertiary/aromatic N) is 4. The minimum absolute atomic E-state index is 0.0325. The van der Waals surface area contributed by atoms with Crippen LogP contribution in [-0.4, -0.2) is 90.9 Å². The first-order valence-corrected chi connectivity index (χ1v) is 16.9. The molecule has 2 aliphatic rings. The molecule has 9 nitrogen and oxygen atoms in total. The first kappa shape index (κ1) is 35.1. The second kappa shape index (κ2) is 16.3. The number of piperidine rings is 1. The van der Waals surface area contributed by atoms with E-state index in [9.17, 15) is 22.8 Å². The highest BCUT2D eigenvalue weighted by Crippen LogP contribution is 2.27. The summed E-state index contributed by atoms with van der Waals surface area (Å²) in [6, 6.07) is 11.1. The third-order valence-corrected chi connectivity index (χ3v) is 9.31. The lowest BCUT2D eigenvalue weighted by Crippen LogP contribution is -2.44. The zero-order valence-electron chi connectivity index (χ0n) is 28.0. The molecule has 0 radical (unpaired) electrons. The topological polar surface area (TPSA) is 88.9 Å². The molecule has 0 bridgehead atoms. The zero-order valence-corrected chi connectivity index (χ0v) is 28.0. The maximum atomic E-state index is 13.8. The highest BCUT2D eigenvalue weighted by Gasteiger charge is 2.22. The molecule has 2 aliphatic heterocycles. The molecule has 1 amide bonds. The van der Waals surface area contributed by atoms with Crippen LogP contribution in [-0.2, 0) is 4.74 Å². The minimum Gasteiger partial charge on any atom is -0.492 e. The predicted molar refractivity (Wildman–Crippen MR) is 184 cm³/mol. The van der Waals surface area contributed by atoms with Gasteiger partial charge in [0.05, 0.1) is 37.9 Å². The van der Waals surface area contributed by atoms with Gasteiger partial charge in [-0.3, -0.25) is 19.5 Å². The largest absolute Gasteiger partial charge is 0.492 e. The quantitative estimate of drug-likeness (QED) is 0.192. The minimum atomic E-state index is -1.59. The van der Waals surface area contributed by atoms with Crippen LogP contribution in [0.2, 0.25) is 0 Å². The van der Waals surface area contributed by atoms with Gasteiger partial charge in [0.15, 0.2) is 17.5 Å². The van der Waals surface area contributed by atoms with Crippen molar-refractivity contribution in [2.75, 3.05) is 65.6 Å². The Morgan fingerprint density at radius 1 is 1.06 bits per heavy atom. The number of morpholine rings is 1. The number of likely N-dealkylation sites (tertiary alicyclic amines) is 1. The summed E-state index contributed by atoms with van der Waals surface area (Å²) in [5.74, 6) is 2.20. The number of hydrogen-bond donors (Lipinski definition) is 1. The van der Waals surface area contributed by atoms with Gasteiger partial charge in [-0.05, 0) is 80.4 Å². The summed E-state index contributed by atoms with van der Waals surface area (Å²) in [5, 5.41) is 3.48. The normalized spacial score (nSPS) is 17.6. The molecule has 6 rings (SSSR count). The van der Waals surface area contributed by atoms with E-state index in [1.807, 2.05) is 24.3 Å². The molecule has 2 aromatic heterocycles. The van der Waals surface area contributed by atoms with Crippen molar-refractivity contribution in [1.29, 1.82) is 0 Å². The first-order valence-electron chi connectivity index (χ1n) is 16.9. The molecule has 2 saturated heterocycles. The Balaban J connectivity index is 1.05. The van der Waals surface area contributed by atoms with Gasteiger partial charge in [-0.15, -0.1) is 0 Å². The molecule has 0 saturated carbocycles. The number of hydrogen-bond acceptors (Lipinski definition) is 7. The van der Waals surface area contributed by atoms with Gasteiger partial charge in [0, 0.05) is 62.0 Å². The van der Waals surface area contributed by atoms with E-state index in [1.54, 1.807) is 6.20 Å². The number of nitrogens with one attached hydrogen (secondary N) is 1. The van der Waals surface area contributed by atoms with Crippen LogP contribution < -0.4 is 15.6 Å². The number of fused-ring (bicyclic) bond motifs is 1. The Bertz CT molecular complexity index is 1930. The monoisotopic (exact) mass is 687 g/mol. The van der Waals surface area contributed by atoms with Crippen molar-refractivity contribution in [3.8, 4) is 17.6 Å². The number of carbonyl (C=O) groups excluding carboxylic acids is 1. The summed E-state index contributed by atoms with van der Waals surface area (Å²) in [5.41, 5.74) is 0.714. The van der Waals surface area contributed by atoms with Gasteiger partial charge >= 0.3 is 0 Å². The van der Waals surface area contributed by atoms with Gasteiger partial charge in [-0.1, -0.05) is 11.8 Å². The average molecular weight is 688 g/mol. The van der Waals surface area contributed by atoms with Gasteiger partial charge in [0.25, 0.3) is 11.5 Å². The van der Waals surface area contributed by atoms with E-state index in [-0.39, 0.29) is 17.7 Å². The number of pyridine rings is 2. The molecule has 1 N–H and O–H groups in total. The number of aromatic nitrogens is 2. The number of halogens is 3. The lowest BCUT2D eigenvalue weighted by molar-refractivity contribution is 0.0297. The highest BCUT2D eigenvalue weighted by atomic mass is 19.2. The smallest absolute Gasteiger partial charge is 0.263 e. The maximum Gasteiger partial charge on any atom is 0.263 e. The number of amides is 1. The van der Waals surface area contributed by atoms with Crippen LogP contribution in [0.5, 0.6) is 5.75 Å². The van der Waals surface area contributed by atoms with E-state index in [2.05, 4.69) is 31.9 Å². The van der Waals surface area contributed by atoms with Crippen molar-refractivity contribution in [2.45, 2.75) is 25.8 Å². The van der Waals surface area contributed by atoms with Crippen molar-refractivity contribution in [2.24, 2.45) is 5.92 Å². The number of ether oxygens (including phenoxy) is 2. The molecular weight excluding hydrogens is 647 g/mol. The third-order valence-electron chi connectivity index (χ3n) is 9.31. The molecule has 0 unspecified atom stereocenters. The van der Waals surface area contributed by atoms with Crippen LogP contribution in [0, 0.1) is 35.2 Å². The Hall–Kier alpha value is -4.70. The van der Waals surface area contributed by atoms with E-state index in [0.29, 0.717) is 18.1 Å². The van der Waals surface area contributed by atoms with E-state index >= 15 is 0 Å². The van der Waals surface area contributed by atoms with Crippen molar-refractivity contribution in [3.63, 3.8) is 0 Å². The van der Waals surface area contributed by atoms with Crippen LogP contribution >= 0.6 is 0 Å². The van der Waals surface area contributed by atoms with E-state index in [4.69, 9.17) is 9.47 Å². The second-order valence-electron chi connectivity index (χ2n) is 12.7. The molecule has 262 valence electrons. The molecule has 4 heterocycles. The van der Waals surface area contributed by atoms with Crippen molar-refractivity contribution in [1.82, 2.24) is 24.7 Å². The second-order valence-corrected chi connectivity index (χ2v) is 12.7. The number of rotatable bonds is 10. The third kappa shape index (κ3) is 8.53. The van der Waals surface area contributed by atoms with Crippen LogP contribution in [0.1, 0.15) is 47.3 Å². The molecule has 2 atom stereocenters. The summed E-state index contributed by atoms with van der Waals surface area (Å²) in [4.78, 5) is 35.5. The van der Waals surface area contributed by atoms with Crippen LogP contribution in [0.3, 0.4) is 0 Å². The molecule has 50 heavy (non-hydrogen) atoms. The maximum absolute atomic E-state index is 13.8. The molecule has 0 aliphatic carbocycles. The van der Waals surface area contributed by atoms with E-state index in [1.165, 1.54) is 25.3 Å². The fraction of sp³-hybridized carbons (Fsp3) is 0.395. The summed E-state index contributed by atoms with van der Waals surface area (Å²) < 4.78 is 54.0. The molecule has 0 spiro atoms. The Morgan fingerprint density at radius 2 is 1.84 bits per heavy atom. The van der Waals surface area contributed by atoms with Gasteiger partial charge in [-0.25, -0.2) is 13.2 Å². The standard InChI is InChI=1S/C38H40F3N5O4/c1-26(29-22-32(39)36(41)33(40)23-29)46-14-4-7-30(38(46)48)37(47)43-11-2-5-27-8-9-34-31(21-27)35(10-12-42-34)50-25-28-6-3-13-45(24-28)16-15-44-17-19-49-20-18-44/h4,7-10,12,14,21-23,26,28H,3,6,11,13,15-20,24-25H2,1H3,(H,43,47)/t26-,28+/m1/s1. The lowest BCUT2D eigenvalue weighted by atomic mass is 9.99. The number of carbonyl (C=O) groups is 1. The van der Waals surface area contributed by atoms with Gasteiger partial charge in [0.2, 0.25) is 0 Å². The molecule has 2 fully saturated rings. The van der Waals surface area contributed by atoms with Crippen molar-refractivity contribution in [3.05, 3.63) is 105 Å². The first-order chi connectivity index (χ1) is 24.3. The van der Waals surface area contributed by atoms with E-state index < -0.39 is 35.0 Å². The van der Waals surface area contributed by atoms with Crippen LogP contribution in [0.25, 0.3) is 10.9 Å². The van der Waals surface area contributed by atoms with Crippen LogP contribution in [0.4, 0.5) is 13.2 Å². The predicted octanol–water partition coefficient (Wildman–Crippen LogP) is 4.63. The fourth-order valence-electron chi connectivity index (χ4n) is 6.46. The van der Waals surface area contributed by atoms with E-state index in [0.717, 1.165) is 98.7 Å². The Kier molecular flexibility index (Phi) is 11.5. The molecular formula is C38H40F3N5O4. The molecule has 12 heteroatoms. The lowest BCUT2D eigenvalue weighted by Gasteiger charge is -2.35. The molecule has 4 aromatic rings. The van der Waals surface area contributed by atoms with Crippen molar-refractivity contribution < 1.29 is 27.4 Å². The van der Waals surface area contributed by atoms with Crippen LogP contribution in [0.15, 0.2) is 65.7 Å². The fourth-order valence-corrected chi connectivity index (χ4v) is 6.46. The average Bonchev–Trinajstić information content (AvgIpc) is 3.14.